The van der Waals surface area contributed by atoms with Crippen LogP contribution in [0.2, 0.25) is 0 Å². The lowest BCUT2D eigenvalue weighted by Crippen LogP contribution is -2.13. The molecule has 0 aliphatic rings. The molecule has 0 saturated carbocycles. The van der Waals surface area contributed by atoms with Crippen molar-refractivity contribution in [2.45, 2.75) is 19.9 Å². The topological polar surface area (TPSA) is 59.9 Å². The summed E-state index contributed by atoms with van der Waals surface area (Å²) in [5, 5.41) is 14.0. The van der Waals surface area contributed by atoms with Gasteiger partial charge >= 0.3 is 0 Å². The van der Waals surface area contributed by atoms with Crippen LogP contribution < -0.4 is 10.1 Å². The molecule has 5 nitrogen and oxygen atoms in total. The van der Waals surface area contributed by atoms with Crippen molar-refractivity contribution in [3.8, 4) is 10.9 Å². The minimum absolute atomic E-state index is 0.555. The van der Waals surface area contributed by atoms with Gasteiger partial charge in [-0.3, -0.25) is 4.98 Å². The van der Waals surface area contributed by atoms with E-state index in [0.717, 1.165) is 41.2 Å². The molecule has 1 aromatic carbocycles. The molecule has 3 rings (SSSR count). The Bertz CT molecular complexity index is 723. The van der Waals surface area contributed by atoms with E-state index in [-0.39, 0.29) is 0 Å². The maximum absolute atomic E-state index is 5.86. The summed E-state index contributed by atoms with van der Waals surface area (Å²) in [5.41, 5.74) is 0.907. The van der Waals surface area contributed by atoms with Crippen LogP contribution in [0, 0.1) is 0 Å². The zero-order chi connectivity index (χ0) is 14.5. The fourth-order valence-electron chi connectivity index (χ4n) is 1.98. The highest BCUT2D eigenvalue weighted by Gasteiger charge is 2.08. The fraction of sp³-hybridized carbons (Fsp3) is 0.267. The third-order valence-electron chi connectivity index (χ3n) is 2.95. The number of pyridine rings is 1. The van der Waals surface area contributed by atoms with E-state index in [1.807, 2.05) is 30.3 Å². The Kier molecular flexibility index (Phi) is 4.37. The summed E-state index contributed by atoms with van der Waals surface area (Å²) in [6.45, 7) is 3.84. The number of nitrogens with one attached hydrogen (secondary N) is 1. The van der Waals surface area contributed by atoms with Crippen LogP contribution in [-0.2, 0) is 6.54 Å². The van der Waals surface area contributed by atoms with Gasteiger partial charge in [0.15, 0.2) is 0 Å². The summed E-state index contributed by atoms with van der Waals surface area (Å²) in [7, 11) is 0. The van der Waals surface area contributed by atoms with E-state index in [0.29, 0.717) is 5.19 Å². The van der Waals surface area contributed by atoms with Crippen molar-refractivity contribution in [3.05, 3.63) is 41.5 Å². The second kappa shape index (κ2) is 6.60. The van der Waals surface area contributed by atoms with Gasteiger partial charge in [0.1, 0.15) is 10.8 Å². The molecule has 2 aromatic heterocycles. The molecule has 3 aromatic rings. The first-order valence-corrected chi connectivity index (χ1v) is 7.73. The average molecular weight is 300 g/mol. The molecule has 2 heterocycles. The molecule has 0 unspecified atom stereocenters. The summed E-state index contributed by atoms with van der Waals surface area (Å²) < 4.78 is 5.86. The third kappa shape index (κ3) is 3.34. The van der Waals surface area contributed by atoms with Crippen molar-refractivity contribution >= 4 is 22.2 Å². The lowest BCUT2D eigenvalue weighted by molar-refractivity contribution is 0.478. The predicted molar refractivity (Wildman–Crippen MR) is 83.7 cm³/mol. The van der Waals surface area contributed by atoms with Crippen LogP contribution in [0.1, 0.15) is 18.4 Å². The highest BCUT2D eigenvalue weighted by Crippen LogP contribution is 2.30. The number of fused-ring (bicyclic) bond motifs is 1. The number of nitrogens with zero attached hydrogens (tertiary/aromatic N) is 3. The van der Waals surface area contributed by atoms with Crippen LogP contribution in [0.25, 0.3) is 10.9 Å². The summed E-state index contributed by atoms with van der Waals surface area (Å²) in [6, 6.07) is 9.69. The van der Waals surface area contributed by atoms with E-state index < -0.39 is 0 Å². The van der Waals surface area contributed by atoms with Crippen LogP contribution in [0.15, 0.2) is 36.5 Å². The first-order chi connectivity index (χ1) is 10.4. The number of hydrogen-bond donors (Lipinski definition) is 1. The first kappa shape index (κ1) is 13.9. The zero-order valence-corrected chi connectivity index (χ0v) is 12.6. The highest BCUT2D eigenvalue weighted by atomic mass is 32.1. The summed E-state index contributed by atoms with van der Waals surface area (Å²) in [4.78, 5) is 4.32. The van der Waals surface area contributed by atoms with Crippen molar-refractivity contribution in [1.29, 1.82) is 0 Å². The van der Waals surface area contributed by atoms with E-state index in [1.165, 1.54) is 11.3 Å². The Morgan fingerprint density at radius 3 is 3.05 bits per heavy atom. The molecule has 0 atom stereocenters. The zero-order valence-electron chi connectivity index (χ0n) is 11.7. The van der Waals surface area contributed by atoms with Crippen molar-refractivity contribution in [3.63, 3.8) is 0 Å². The van der Waals surface area contributed by atoms with Crippen LogP contribution in [-0.4, -0.2) is 21.7 Å². The Morgan fingerprint density at radius 2 is 2.14 bits per heavy atom. The van der Waals surface area contributed by atoms with Gasteiger partial charge in [-0.05, 0) is 37.2 Å². The number of aromatic nitrogens is 3. The monoisotopic (exact) mass is 300 g/mol. The second-order valence-electron chi connectivity index (χ2n) is 4.57. The van der Waals surface area contributed by atoms with Crippen molar-refractivity contribution in [2.24, 2.45) is 0 Å². The second-order valence-corrected chi connectivity index (χ2v) is 5.59. The SMILES string of the molecule is CCCNCc1nnc(Oc2cccc3ncccc23)s1. The van der Waals surface area contributed by atoms with Gasteiger partial charge in [-0.15, -0.1) is 5.10 Å². The standard InChI is InChI=1S/C15H16N4OS/c1-2-8-16-10-14-18-19-15(21-14)20-13-7-3-6-12-11(13)5-4-9-17-12/h3-7,9,16H,2,8,10H2,1H3. The van der Waals surface area contributed by atoms with Crippen molar-refractivity contribution in [1.82, 2.24) is 20.5 Å². The van der Waals surface area contributed by atoms with Gasteiger partial charge in [0.25, 0.3) is 5.19 Å². The molecular formula is C15H16N4OS. The lowest BCUT2D eigenvalue weighted by atomic mass is 10.2. The van der Waals surface area contributed by atoms with Gasteiger partial charge in [0.05, 0.1) is 5.52 Å². The first-order valence-electron chi connectivity index (χ1n) is 6.91. The third-order valence-corrected chi connectivity index (χ3v) is 3.76. The van der Waals surface area contributed by atoms with E-state index >= 15 is 0 Å². The minimum atomic E-state index is 0.555. The van der Waals surface area contributed by atoms with Gasteiger partial charge < -0.3 is 10.1 Å². The Balaban J connectivity index is 1.76. The van der Waals surface area contributed by atoms with Gasteiger partial charge in [-0.25, -0.2) is 0 Å². The number of hydrogen-bond acceptors (Lipinski definition) is 6. The molecule has 0 radical (unpaired) electrons. The number of benzene rings is 1. The van der Waals surface area contributed by atoms with Gasteiger partial charge in [0.2, 0.25) is 0 Å². The number of ether oxygens (including phenoxy) is 1. The van der Waals surface area contributed by atoms with Crippen LogP contribution >= 0.6 is 11.3 Å². The lowest BCUT2D eigenvalue weighted by Gasteiger charge is -2.04. The summed E-state index contributed by atoms with van der Waals surface area (Å²) >= 11 is 1.46. The average Bonchev–Trinajstić information content (AvgIpc) is 2.96. The van der Waals surface area contributed by atoms with Crippen molar-refractivity contribution < 1.29 is 4.74 Å². The molecule has 0 saturated heterocycles. The van der Waals surface area contributed by atoms with E-state index in [4.69, 9.17) is 4.74 Å². The largest absolute Gasteiger partial charge is 0.429 e. The fourth-order valence-corrected chi connectivity index (χ4v) is 2.65. The minimum Gasteiger partial charge on any atom is -0.429 e. The van der Waals surface area contributed by atoms with Crippen LogP contribution in [0.3, 0.4) is 0 Å². The highest BCUT2D eigenvalue weighted by molar-refractivity contribution is 7.13. The van der Waals surface area contributed by atoms with E-state index in [1.54, 1.807) is 6.20 Å². The molecule has 0 aliphatic carbocycles. The van der Waals surface area contributed by atoms with Gasteiger partial charge in [0, 0.05) is 18.1 Å². The normalized spacial score (nSPS) is 10.9. The molecular weight excluding hydrogens is 284 g/mol. The molecule has 1 N–H and O–H groups in total. The van der Waals surface area contributed by atoms with Crippen molar-refractivity contribution in [2.75, 3.05) is 6.54 Å². The van der Waals surface area contributed by atoms with Crippen LogP contribution in [0.5, 0.6) is 10.9 Å². The molecule has 0 amide bonds. The summed E-state index contributed by atoms with van der Waals surface area (Å²) in [5.74, 6) is 0.754. The molecule has 108 valence electrons. The predicted octanol–water partition coefficient (Wildman–Crippen LogP) is 3.38. The molecule has 0 bridgehead atoms. The maximum Gasteiger partial charge on any atom is 0.299 e. The molecule has 0 fully saturated rings. The van der Waals surface area contributed by atoms with E-state index in [9.17, 15) is 0 Å². The number of rotatable bonds is 6. The Hall–Kier alpha value is -2.05. The summed E-state index contributed by atoms with van der Waals surface area (Å²) in [6.07, 6.45) is 2.87. The molecule has 0 spiro atoms. The van der Waals surface area contributed by atoms with E-state index in [2.05, 4.69) is 27.4 Å². The molecule has 0 aliphatic heterocycles. The van der Waals surface area contributed by atoms with Crippen LogP contribution in [0.4, 0.5) is 0 Å². The molecule has 6 heteroatoms. The smallest absolute Gasteiger partial charge is 0.299 e. The Labute approximate surface area is 127 Å². The quantitative estimate of drug-likeness (QED) is 0.707. The van der Waals surface area contributed by atoms with Gasteiger partial charge in [-0.2, -0.15) is 0 Å². The molecule has 21 heavy (non-hydrogen) atoms. The maximum atomic E-state index is 5.86. The van der Waals surface area contributed by atoms with Gasteiger partial charge in [-0.1, -0.05) is 29.4 Å². The Morgan fingerprint density at radius 1 is 1.19 bits per heavy atom.